The van der Waals surface area contributed by atoms with Gasteiger partial charge in [0.2, 0.25) is 19.6 Å². The lowest BCUT2D eigenvalue weighted by molar-refractivity contribution is -0.310. The number of esters is 1. The van der Waals surface area contributed by atoms with E-state index in [0.29, 0.717) is 25.3 Å². The molecule has 0 N–H and O–H groups in total. The molecule has 9 heteroatoms. The van der Waals surface area contributed by atoms with Gasteiger partial charge < -0.3 is 19.5 Å². The third kappa shape index (κ3) is 9.46. The first kappa shape index (κ1) is 31.3. The first-order valence-corrected chi connectivity index (χ1v) is 16.6. The molecule has 1 aromatic rings. The normalized spacial score (nSPS) is 22.4. The average Bonchev–Trinajstić information content (AvgIpc) is 3.38. The summed E-state index contributed by atoms with van der Waals surface area (Å²) in [6.45, 7) is 5.62. The monoisotopic (exact) mass is 562 g/mol. The minimum Gasteiger partial charge on any atom is -0.548 e. The molecule has 2 fully saturated rings. The maximum Gasteiger partial charge on any atom is 0.307 e. The van der Waals surface area contributed by atoms with Crippen molar-refractivity contribution >= 4 is 25.2 Å². The molecular weight excluding hydrogens is 517 g/mol. The van der Waals surface area contributed by atoms with Gasteiger partial charge in [-0.25, -0.2) is 0 Å². The number of aryl methyl sites for hydroxylation is 1. The summed E-state index contributed by atoms with van der Waals surface area (Å²) < 4.78 is 25.6. The highest BCUT2D eigenvalue weighted by molar-refractivity contribution is 7.59. The van der Waals surface area contributed by atoms with Crippen molar-refractivity contribution in [3.63, 3.8) is 0 Å². The van der Waals surface area contributed by atoms with Crippen molar-refractivity contribution in [2.24, 2.45) is 17.8 Å². The number of aliphatic carboxylic acids is 1. The predicted octanol–water partition coefficient (Wildman–Crippen LogP) is 4.79. The second-order valence-corrected chi connectivity index (χ2v) is 14.1. The van der Waals surface area contributed by atoms with Gasteiger partial charge in [0.1, 0.15) is 6.16 Å². The van der Waals surface area contributed by atoms with Gasteiger partial charge in [0, 0.05) is 25.0 Å². The molecule has 1 amide bonds. The van der Waals surface area contributed by atoms with Crippen LogP contribution in [0.4, 0.5) is 0 Å². The third-order valence-corrected chi connectivity index (χ3v) is 10.4. The van der Waals surface area contributed by atoms with Crippen molar-refractivity contribution in [1.29, 1.82) is 0 Å². The highest BCUT2D eigenvalue weighted by atomic mass is 31.2. The predicted molar refractivity (Wildman–Crippen MR) is 148 cm³/mol. The minimum absolute atomic E-state index is 0.109. The Bertz CT molecular complexity index is 992. The van der Waals surface area contributed by atoms with E-state index in [9.17, 15) is 24.1 Å². The zero-order valence-corrected chi connectivity index (χ0v) is 24.6. The number of carboxylic acids is 1. The number of rotatable bonds is 14. The van der Waals surface area contributed by atoms with Crippen LogP contribution in [0.2, 0.25) is 0 Å². The lowest BCUT2D eigenvalue weighted by atomic mass is 9.79. The molecule has 218 valence electrons. The average molecular weight is 563 g/mol. The van der Waals surface area contributed by atoms with Crippen LogP contribution in [0, 0.1) is 17.8 Å². The van der Waals surface area contributed by atoms with Crippen LogP contribution in [0.3, 0.4) is 0 Å². The Kier molecular flexibility index (Phi) is 12.1. The van der Waals surface area contributed by atoms with Crippen molar-refractivity contribution in [2.45, 2.75) is 97.3 Å². The molecule has 2 aliphatic rings. The molecule has 0 unspecified atom stereocenters. The van der Waals surface area contributed by atoms with E-state index < -0.39 is 43.7 Å². The first-order chi connectivity index (χ1) is 18.6. The minimum atomic E-state index is -3.62. The quantitative estimate of drug-likeness (QED) is 0.139. The Morgan fingerprint density at radius 3 is 2.36 bits per heavy atom. The van der Waals surface area contributed by atoms with Gasteiger partial charge in [-0.3, -0.25) is 18.7 Å². The fourth-order valence-electron chi connectivity index (χ4n) is 5.79. The largest absolute Gasteiger partial charge is 0.548 e. The van der Waals surface area contributed by atoms with E-state index in [1.54, 1.807) is 20.8 Å². The number of benzene rings is 1. The molecule has 3 rings (SSSR count). The molecule has 0 radical (unpaired) electrons. The van der Waals surface area contributed by atoms with Gasteiger partial charge in [0.15, 0.2) is 0 Å². The van der Waals surface area contributed by atoms with E-state index in [-0.39, 0.29) is 24.4 Å². The van der Waals surface area contributed by atoms with E-state index in [1.165, 1.54) is 16.9 Å². The number of unbranched alkanes of at least 4 members (excludes halogenated alkanes) is 1. The summed E-state index contributed by atoms with van der Waals surface area (Å²) >= 11 is 0. The number of carboxylic acid groups (broad SMARTS) is 1. The van der Waals surface area contributed by atoms with Crippen LogP contribution in [0.5, 0.6) is 0 Å². The highest BCUT2D eigenvalue weighted by Gasteiger charge is 2.42. The standard InChI is InChI=1S/C30H46NO7P/c1-4-28(33)37-30(22(2)3)38-39(36,18-12-11-15-23-13-7-5-8-14-23)21-27(32)31-20-25(19-26(31)29(34)35)24-16-9-6-10-17-24/h5,7-8,13-14,22,24-26,30H,4,6,9-12,15-21H2,1-3H3,(H,34,35)/p-1/t25-,26+,30-,39-/m1/s1. The van der Waals surface area contributed by atoms with Crippen molar-refractivity contribution < 1.29 is 33.3 Å². The van der Waals surface area contributed by atoms with Crippen molar-refractivity contribution in [3.05, 3.63) is 35.9 Å². The number of nitrogens with zero attached hydrogens (tertiary/aromatic N) is 1. The molecule has 8 nitrogen and oxygen atoms in total. The van der Waals surface area contributed by atoms with E-state index >= 15 is 0 Å². The maximum atomic E-state index is 14.2. The SMILES string of the molecule is CCC(=O)O[C@H](O[P@](=O)(CCCCc1ccccc1)CC(=O)N1C[C@H](C2CCCCC2)C[C@H]1C(=O)[O-])C(C)C. The molecule has 1 saturated carbocycles. The number of hydrogen-bond acceptors (Lipinski definition) is 7. The van der Waals surface area contributed by atoms with E-state index in [4.69, 9.17) is 9.26 Å². The lowest BCUT2D eigenvalue weighted by Gasteiger charge is -2.30. The smallest absolute Gasteiger partial charge is 0.307 e. The van der Waals surface area contributed by atoms with Crippen LogP contribution in [-0.2, 0) is 34.6 Å². The van der Waals surface area contributed by atoms with Crippen LogP contribution >= 0.6 is 7.37 Å². The Hall–Kier alpha value is -2.18. The Morgan fingerprint density at radius 1 is 1.05 bits per heavy atom. The van der Waals surface area contributed by atoms with Crippen LogP contribution < -0.4 is 5.11 Å². The van der Waals surface area contributed by atoms with E-state index in [0.717, 1.165) is 38.5 Å². The highest BCUT2D eigenvalue weighted by Crippen LogP contribution is 2.51. The fraction of sp³-hybridized carbons (Fsp3) is 0.700. The number of likely N-dealkylation sites (tertiary alicyclic amines) is 1. The zero-order valence-electron chi connectivity index (χ0n) is 23.7. The summed E-state index contributed by atoms with van der Waals surface area (Å²) in [6.07, 6.45) is 6.88. The summed E-state index contributed by atoms with van der Waals surface area (Å²) in [5, 5.41) is 12.0. The van der Waals surface area contributed by atoms with Crippen molar-refractivity contribution in [1.82, 2.24) is 4.90 Å². The van der Waals surface area contributed by atoms with Crippen LogP contribution in [0.15, 0.2) is 30.3 Å². The van der Waals surface area contributed by atoms with Gasteiger partial charge in [-0.2, -0.15) is 0 Å². The lowest BCUT2D eigenvalue weighted by Crippen LogP contribution is -2.48. The molecule has 4 atom stereocenters. The van der Waals surface area contributed by atoms with Crippen LogP contribution in [0.1, 0.15) is 84.1 Å². The number of carbonyl (C=O) groups is 3. The summed E-state index contributed by atoms with van der Waals surface area (Å²) in [6, 6.07) is 8.96. The molecular formula is C30H45NO7P-. The second-order valence-electron chi connectivity index (χ2n) is 11.5. The molecule has 0 spiro atoms. The molecule has 1 aromatic carbocycles. The second kappa shape index (κ2) is 15.0. The summed E-state index contributed by atoms with van der Waals surface area (Å²) in [5.41, 5.74) is 1.17. The summed E-state index contributed by atoms with van der Waals surface area (Å²) in [7, 11) is -3.62. The Labute approximate surface area is 233 Å². The Morgan fingerprint density at radius 2 is 1.74 bits per heavy atom. The van der Waals surface area contributed by atoms with Gasteiger partial charge in [-0.1, -0.05) is 83.2 Å². The van der Waals surface area contributed by atoms with Gasteiger partial charge in [0.25, 0.3) is 0 Å². The molecule has 1 aliphatic heterocycles. The van der Waals surface area contributed by atoms with Gasteiger partial charge in [-0.05, 0) is 43.1 Å². The number of ether oxygens (including phenoxy) is 1. The van der Waals surface area contributed by atoms with Gasteiger partial charge >= 0.3 is 5.97 Å². The molecule has 0 bridgehead atoms. The van der Waals surface area contributed by atoms with Crippen LogP contribution in [0.25, 0.3) is 0 Å². The number of amides is 1. The molecule has 0 aromatic heterocycles. The van der Waals surface area contributed by atoms with Gasteiger partial charge in [-0.15, -0.1) is 0 Å². The Balaban J connectivity index is 1.73. The van der Waals surface area contributed by atoms with E-state index in [1.807, 2.05) is 30.3 Å². The van der Waals surface area contributed by atoms with E-state index in [2.05, 4.69) is 0 Å². The topological polar surface area (TPSA) is 113 Å². The van der Waals surface area contributed by atoms with Gasteiger partial charge in [0.05, 0.1) is 12.0 Å². The number of hydrogen-bond donors (Lipinski definition) is 0. The fourth-order valence-corrected chi connectivity index (χ4v) is 8.09. The number of carbonyl (C=O) groups excluding carboxylic acids is 3. The molecule has 39 heavy (non-hydrogen) atoms. The molecule has 1 saturated heterocycles. The van der Waals surface area contributed by atoms with Crippen molar-refractivity contribution in [3.8, 4) is 0 Å². The van der Waals surface area contributed by atoms with Crippen molar-refractivity contribution in [2.75, 3.05) is 18.9 Å². The summed E-state index contributed by atoms with van der Waals surface area (Å²) in [4.78, 5) is 39.0. The van der Waals surface area contributed by atoms with Crippen LogP contribution in [-0.4, -0.2) is 53.9 Å². The molecule has 1 heterocycles. The summed E-state index contributed by atoms with van der Waals surface area (Å²) in [5.74, 6) is -1.99. The third-order valence-electron chi connectivity index (χ3n) is 8.05. The maximum absolute atomic E-state index is 14.2. The first-order valence-electron chi connectivity index (χ1n) is 14.6. The zero-order chi connectivity index (χ0) is 28.4. The molecule has 1 aliphatic carbocycles.